The summed E-state index contributed by atoms with van der Waals surface area (Å²) in [4.78, 5) is 26.9. The van der Waals surface area contributed by atoms with Crippen molar-refractivity contribution < 1.29 is 22.7 Å². The summed E-state index contributed by atoms with van der Waals surface area (Å²) in [7, 11) is 0. The fraction of sp³-hybridized carbons (Fsp3) is 0.154. The van der Waals surface area contributed by atoms with Crippen LogP contribution in [0, 0.1) is 0 Å². The lowest BCUT2D eigenvalue weighted by Gasteiger charge is -2.10. The highest BCUT2D eigenvalue weighted by Crippen LogP contribution is 2.23. The Balaban J connectivity index is 1.97. The molecule has 1 heterocycles. The van der Waals surface area contributed by atoms with Gasteiger partial charge in [-0.1, -0.05) is 0 Å². The Labute approximate surface area is 122 Å². The molecule has 2 aromatic rings. The number of hydrogen-bond acceptors (Lipinski definition) is 4. The molecule has 0 bridgehead atoms. The molecule has 1 N–H and O–H groups in total. The first kappa shape index (κ1) is 15.5. The van der Waals surface area contributed by atoms with Gasteiger partial charge in [-0.25, -0.2) is 4.98 Å². The lowest BCUT2D eigenvalue weighted by atomic mass is 10.3. The molecule has 0 aliphatic heterocycles. The SMILES string of the molecule is O=C(Cn1cnccc1=O)Nc1ccc(OC(F)(F)F)cc1. The second-order valence-corrected chi connectivity index (χ2v) is 4.17. The first-order chi connectivity index (χ1) is 10.3. The number of nitrogens with zero attached hydrogens (tertiary/aromatic N) is 2. The van der Waals surface area contributed by atoms with E-state index in [9.17, 15) is 22.8 Å². The molecule has 0 radical (unpaired) electrons. The second kappa shape index (κ2) is 6.29. The highest BCUT2D eigenvalue weighted by atomic mass is 19.4. The third-order valence-electron chi connectivity index (χ3n) is 2.48. The van der Waals surface area contributed by atoms with Crippen LogP contribution >= 0.6 is 0 Å². The van der Waals surface area contributed by atoms with Crippen molar-refractivity contribution in [3.8, 4) is 5.75 Å². The summed E-state index contributed by atoms with van der Waals surface area (Å²) in [6, 6.07) is 5.85. The minimum absolute atomic E-state index is 0.256. The molecule has 0 aliphatic rings. The van der Waals surface area contributed by atoms with E-state index >= 15 is 0 Å². The number of halogens is 3. The van der Waals surface area contributed by atoms with Crippen LogP contribution in [-0.4, -0.2) is 21.8 Å². The number of nitrogens with one attached hydrogen (secondary N) is 1. The molecule has 0 fully saturated rings. The van der Waals surface area contributed by atoms with Gasteiger partial charge in [-0.05, 0) is 24.3 Å². The molecule has 2 rings (SSSR count). The van der Waals surface area contributed by atoms with Crippen LogP contribution < -0.4 is 15.6 Å². The molecule has 22 heavy (non-hydrogen) atoms. The first-order valence-electron chi connectivity index (χ1n) is 5.99. The maximum atomic E-state index is 12.0. The minimum atomic E-state index is -4.77. The van der Waals surface area contributed by atoms with Gasteiger partial charge in [0.25, 0.3) is 5.56 Å². The van der Waals surface area contributed by atoms with Gasteiger partial charge < -0.3 is 10.1 Å². The number of benzene rings is 1. The summed E-state index contributed by atoms with van der Waals surface area (Å²) in [6.07, 6.45) is -2.26. The van der Waals surface area contributed by atoms with Gasteiger partial charge in [0.05, 0.1) is 6.33 Å². The topological polar surface area (TPSA) is 73.2 Å². The fourth-order valence-electron chi connectivity index (χ4n) is 1.59. The van der Waals surface area contributed by atoms with Crippen LogP contribution in [0.5, 0.6) is 5.75 Å². The number of anilines is 1. The predicted molar refractivity (Wildman–Crippen MR) is 70.3 cm³/mol. The predicted octanol–water partition coefficient (Wildman–Crippen LogP) is 1.78. The summed E-state index contributed by atoms with van der Waals surface area (Å²) >= 11 is 0. The van der Waals surface area contributed by atoms with Crippen LogP contribution in [0.25, 0.3) is 0 Å². The largest absolute Gasteiger partial charge is 0.573 e. The van der Waals surface area contributed by atoms with E-state index < -0.39 is 18.0 Å². The third kappa shape index (κ3) is 4.62. The van der Waals surface area contributed by atoms with E-state index in [1.54, 1.807) is 0 Å². The zero-order valence-electron chi connectivity index (χ0n) is 11.0. The lowest BCUT2D eigenvalue weighted by Crippen LogP contribution is -2.27. The van der Waals surface area contributed by atoms with Crippen molar-refractivity contribution in [3.05, 3.63) is 53.2 Å². The molecule has 0 saturated heterocycles. The van der Waals surface area contributed by atoms with E-state index in [-0.39, 0.29) is 17.8 Å². The van der Waals surface area contributed by atoms with Gasteiger partial charge in [0, 0.05) is 18.0 Å². The molecule has 0 saturated carbocycles. The normalized spacial score (nSPS) is 11.0. The van der Waals surface area contributed by atoms with Crippen molar-refractivity contribution in [3.63, 3.8) is 0 Å². The number of amides is 1. The molecule has 1 amide bonds. The molecule has 116 valence electrons. The monoisotopic (exact) mass is 313 g/mol. The van der Waals surface area contributed by atoms with Gasteiger partial charge in [-0.2, -0.15) is 0 Å². The van der Waals surface area contributed by atoms with E-state index in [0.29, 0.717) is 0 Å². The Morgan fingerprint density at radius 3 is 2.50 bits per heavy atom. The van der Waals surface area contributed by atoms with Crippen LogP contribution in [0.3, 0.4) is 0 Å². The summed E-state index contributed by atoms with van der Waals surface area (Å²) in [5.74, 6) is -0.909. The second-order valence-electron chi connectivity index (χ2n) is 4.17. The maximum absolute atomic E-state index is 12.0. The quantitative estimate of drug-likeness (QED) is 0.934. The highest BCUT2D eigenvalue weighted by molar-refractivity contribution is 5.90. The summed E-state index contributed by atoms with van der Waals surface area (Å²) in [5.41, 5.74) is -0.115. The zero-order chi connectivity index (χ0) is 16.2. The number of carbonyl (C=O) groups excluding carboxylic acids is 1. The molecule has 1 aromatic heterocycles. The average molecular weight is 313 g/mol. The molecule has 0 unspecified atom stereocenters. The molecule has 0 atom stereocenters. The standard InChI is InChI=1S/C13H10F3N3O3/c14-13(15,16)22-10-3-1-9(2-4-10)18-11(20)7-19-8-17-6-5-12(19)21/h1-6,8H,7H2,(H,18,20). The minimum Gasteiger partial charge on any atom is -0.406 e. The highest BCUT2D eigenvalue weighted by Gasteiger charge is 2.30. The molecular weight excluding hydrogens is 303 g/mol. The molecule has 9 heteroatoms. The molecule has 0 aliphatic carbocycles. The van der Waals surface area contributed by atoms with Crippen LogP contribution in [0.1, 0.15) is 0 Å². The van der Waals surface area contributed by atoms with Crippen LogP contribution in [0.15, 0.2) is 47.7 Å². The van der Waals surface area contributed by atoms with Crippen molar-refractivity contribution >= 4 is 11.6 Å². The van der Waals surface area contributed by atoms with Gasteiger partial charge in [0.1, 0.15) is 12.3 Å². The number of carbonyl (C=O) groups is 1. The fourth-order valence-corrected chi connectivity index (χ4v) is 1.59. The van der Waals surface area contributed by atoms with Gasteiger partial charge in [0.2, 0.25) is 5.91 Å². The lowest BCUT2D eigenvalue weighted by molar-refractivity contribution is -0.274. The van der Waals surface area contributed by atoms with Gasteiger partial charge in [-0.15, -0.1) is 13.2 Å². The van der Waals surface area contributed by atoms with E-state index in [4.69, 9.17) is 0 Å². The third-order valence-corrected chi connectivity index (χ3v) is 2.48. The first-order valence-corrected chi connectivity index (χ1v) is 5.99. The van der Waals surface area contributed by atoms with Crippen LogP contribution in [0.2, 0.25) is 0 Å². The number of ether oxygens (including phenoxy) is 1. The maximum Gasteiger partial charge on any atom is 0.573 e. The van der Waals surface area contributed by atoms with Crippen molar-refractivity contribution in [1.82, 2.24) is 9.55 Å². The summed E-state index contributed by atoms with van der Waals surface area (Å²) in [6.45, 7) is -0.256. The Bertz CT molecular complexity index is 711. The number of aromatic nitrogens is 2. The summed E-state index contributed by atoms with van der Waals surface area (Å²) < 4.78 is 40.8. The Kier molecular flexibility index (Phi) is 4.44. The summed E-state index contributed by atoms with van der Waals surface area (Å²) in [5, 5.41) is 2.44. The number of rotatable bonds is 4. The molecule has 0 spiro atoms. The Morgan fingerprint density at radius 1 is 1.23 bits per heavy atom. The average Bonchev–Trinajstić information content (AvgIpc) is 2.42. The van der Waals surface area contributed by atoms with Crippen molar-refractivity contribution in [2.45, 2.75) is 12.9 Å². The number of hydrogen-bond donors (Lipinski definition) is 1. The van der Waals surface area contributed by atoms with Crippen molar-refractivity contribution in [2.75, 3.05) is 5.32 Å². The molecule has 6 nitrogen and oxygen atoms in total. The van der Waals surface area contributed by atoms with E-state index in [2.05, 4.69) is 15.0 Å². The van der Waals surface area contributed by atoms with Crippen LogP contribution in [0.4, 0.5) is 18.9 Å². The molecular formula is C13H10F3N3O3. The molecule has 1 aromatic carbocycles. The zero-order valence-corrected chi connectivity index (χ0v) is 11.0. The van der Waals surface area contributed by atoms with Crippen LogP contribution in [-0.2, 0) is 11.3 Å². The van der Waals surface area contributed by atoms with E-state index in [1.165, 1.54) is 30.7 Å². The van der Waals surface area contributed by atoms with Gasteiger partial charge in [0.15, 0.2) is 0 Å². The van der Waals surface area contributed by atoms with Gasteiger partial charge >= 0.3 is 6.36 Å². The van der Waals surface area contributed by atoms with Crippen molar-refractivity contribution in [1.29, 1.82) is 0 Å². The number of alkyl halides is 3. The van der Waals surface area contributed by atoms with Crippen molar-refractivity contribution in [2.24, 2.45) is 0 Å². The smallest absolute Gasteiger partial charge is 0.406 e. The van der Waals surface area contributed by atoms with E-state index in [0.717, 1.165) is 16.7 Å². The Morgan fingerprint density at radius 2 is 1.91 bits per heavy atom. The van der Waals surface area contributed by atoms with E-state index in [1.807, 2.05) is 0 Å². The Hall–Kier alpha value is -2.84. The van der Waals surface area contributed by atoms with Gasteiger partial charge in [-0.3, -0.25) is 14.2 Å².